The molecule has 2 unspecified atom stereocenters. The predicted octanol–water partition coefficient (Wildman–Crippen LogP) is 2.56. The number of hydrogen-bond acceptors (Lipinski definition) is 4. The number of fused-ring (bicyclic) bond motifs is 5. The molecule has 0 spiro atoms. The number of sulfonamides is 1. The molecule has 8 heteroatoms. The number of hydrogen-bond donors (Lipinski definition) is 2. The van der Waals surface area contributed by atoms with Crippen molar-refractivity contribution in [2.45, 2.75) is 38.3 Å². The molecule has 0 saturated carbocycles. The second kappa shape index (κ2) is 10.0. The van der Waals surface area contributed by atoms with Crippen LogP contribution in [0.2, 0.25) is 0 Å². The van der Waals surface area contributed by atoms with E-state index < -0.39 is 10.0 Å². The maximum Gasteiger partial charge on any atom is 0.317 e. The lowest BCUT2D eigenvalue weighted by atomic mass is 9.94. The third kappa shape index (κ3) is 5.31. The van der Waals surface area contributed by atoms with E-state index in [9.17, 15) is 13.2 Å². The summed E-state index contributed by atoms with van der Waals surface area (Å²) in [4.78, 5) is 14.7. The van der Waals surface area contributed by atoms with Crippen molar-refractivity contribution in [1.82, 2.24) is 14.9 Å². The van der Waals surface area contributed by atoms with Gasteiger partial charge in [-0.25, -0.2) is 17.9 Å². The molecule has 2 aromatic rings. The lowest BCUT2D eigenvalue weighted by molar-refractivity contribution is 0.135. The van der Waals surface area contributed by atoms with Gasteiger partial charge in [-0.2, -0.15) is 0 Å². The third-order valence-electron chi connectivity index (χ3n) is 6.26. The summed E-state index contributed by atoms with van der Waals surface area (Å²) in [5.74, 6) is 0.0199. The van der Waals surface area contributed by atoms with Crippen molar-refractivity contribution in [1.29, 1.82) is 0 Å². The quantitative estimate of drug-likeness (QED) is 0.742. The Hall–Kier alpha value is -2.42. The fraction of sp³-hybridized carbons (Fsp3) is 0.458. The van der Waals surface area contributed by atoms with Crippen LogP contribution in [0.4, 0.5) is 4.79 Å². The number of amides is 2. The Morgan fingerprint density at radius 2 is 2.00 bits per heavy atom. The van der Waals surface area contributed by atoms with Crippen LogP contribution in [0.25, 0.3) is 11.1 Å². The van der Waals surface area contributed by atoms with Crippen LogP contribution < -0.4 is 10.0 Å². The van der Waals surface area contributed by atoms with Gasteiger partial charge in [0.15, 0.2) is 0 Å². The van der Waals surface area contributed by atoms with E-state index >= 15 is 0 Å². The molecule has 2 aliphatic rings. The second-order valence-corrected chi connectivity index (χ2v) is 10.4. The SMILES string of the molecule is CCS(=O)(=O)NC1CCN2C(=O)NCCOCCc3ccccc3-c3cccc(c3)CC12. The standard InChI is InChI=1S/C24H31N3O4S/c1-2-32(29,30)26-22-10-13-27-23(22)17-18-6-5-8-20(16-18)21-9-4-3-7-19(21)11-14-31-15-12-25-24(27)28/h3-9,16,22-23,26H,2,10-15,17H2,1H3,(H,25,28). The first-order valence-corrected chi connectivity index (χ1v) is 12.9. The van der Waals surface area contributed by atoms with E-state index in [0.717, 1.165) is 17.5 Å². The van der Waals surface area contributed by atoms with Gasteiger partial charge >= 0.3 is 6.03 Å². The summed E-state index contributed by atoms with van der Waals surface area (Å²) < 4.78 is 33.1. The van der Waals surface area contributed by atoms with Crippen LogP contribution in [-0.2, 0) is 27.6 Å². The van der Waals surface area contributed by atoms with Crippen molar-refractivity contribution in [3.8, 4) is 11.1 Å². The van der Waals surface area contributed by atoms with Crippen molar-refractivity contribution < 1.29 is 17.9 Å². The molecule has 2 atom stereocenters. The van der Waals surface area contributed by atoms with E-state index in [1.165, 1.54) is 11.1 Å². The number of ether oxygens (including phenoxy) is 1. The molecule has 172 valence electrons. The lowest BCUT2D eigenvalue weighted by Crippen LogP contribution is -2.51. The van der Waals surface area contributed by atoms with Crippen LogP contribution in [0.3, 0.4) is 0 Å². The minimum Gasteiger partial charge on any atom is -0.379 e. The van der Waals surface area contributed by atoms with Gasteiger partial charge in [0.25, 0.3) is 0 Å². The van der Waals surface area contributed by atoms with Crippen LogP contribution in [0, 0.1) is 0 Å². The van der Waals surface area contributed by atoms with Gasteiger partial charge in [0, 0.05) is 19.1 Å². The van der Waals surface area contributed by atoms with Gasteiger partial charge in [-0.15, -0.1) is 0 Å². The second-order valence-electron chi connectivity index (χ2n) is 8.33. The van der Waals surface area contributed by atoms with Crippen LogP contribution in [0.5, 0.6) is 0 Å². The van der Waals surface area contributed by atoms with E-state index in [0.29, 0.717) is 39.1 Å². The summed E-state index contributed by atoms with van der Waals surface area (Å²) in [6, 6.07) is 15.9. The average Bonchev–Trinajstić information content (AvgIpc) is 3.17. The highest BCUT2D eigenvalue weighted by molar-refractivity contribution is 7.89. The third-order valence-corrected chi connectivity index (χ3v) is 7.68. The molecule has 2 bridgehead atoms. The van der Waals surface area contributed by atoms with Crippen molar-refractivity contribution in [2.75, 3.05) is 32.1 Å². The molecule has 2 aromatic carbocycles. The summed E-state index contributed by atoms with van der Waals surface area (Å²) in [7, 11) is -3.38. The highest BCUT2D eigenvalue weighted by Crippen LogP contribution is 2.28. The Morgan fingerprint density at radius 1 is 1.16 bits per heavy atom. The van der Waals surface area contributed by atoms with E-state index in [-0.39, 0.29) is 23.9 Å². The minimum absolute atomic E-state index is 0.0199. The highest BCUT2D eigenvalue weighted by Gasteiger charge is 2.38. The molecule has 2 N–H and O–H groups in total. The van der Waals surface area contributed by atoms with Crippen molar-refractivity contribution in [3.05, 3.63) is 59.7 Å². The van der Waals surface area contributed by atoms with E-state index in [2.05, 4.69) is 34.3 Å². The number of carbonyl (C=O) groups excluding carboxylic acids is 1. The Morgan fingerprint density at radius 3 is 2.84 bits per heavy atom. The molecule has 7 nitrogen and oxygen atoms in total. The molecule has 2 aliphatic heterocycles. The number of urea groups is 1. The maximum absolute atomic E-state index is 12.9. The predicted molar refractivity (Wildman–Crippen MR) is 125 cm³/mol. The summed E-state index contributed by atoms with van der Waals surface area (Å²) in [6.07, 6.45) is 1.97. The summed E-state index contributed by atoms with van der Waals surface area (Å²) >= 11 is 0. The highest BCUT2D eigenvalue weighted by atomic mass is 32.2. The number of nitrogens with zero attached hydrogens (tertiary/aromatic N) is 1. The zero-order valence-electron chi connectivity index (χ0n) is 18.4. The monoisotopic (exact) mass is 457 g/mol. The normalized spacial score (nSPS) is 22.3. The van der Waals surface area contributed by atoms with Crippen LogP contribution >= 0.6 is 0 Å². The topological polar surface area (TPSA) is 87.7 Å². The van der Waals surface area contributed by atoms with E-state index in [1.54, 1.807) is 11.8 Å². The van der Waals surface area contributed by atoms with Gasteiger partial charge in [0.2, 0.25) is 10.0 Å². The number of carbonyl (C=O) groups is 1. The first-order chi connectivity index (χ1) is 15.5. The Labute approximate surface area is 190 Å². The lowest BCUT2D eigenvalue weighted by Gasteiger charge is -2.29. The van der Waals surface area contributed by atoms with Gasteiger partial charge in [0.1, 0.15) is 0 Å². The number of benzene rings is 2. The summed E-state index contributed by atoms with van der Waals surface area (Å²) in [6.45, 7) is 3.57. The number of rotatable bonds is 3. The van der Waals surface area contributed by atoms with Crippen LogP contribution in [0.15, 0.2) is 48.5 Å². The molecule has 2 amide bonds. The number of nitrogens with one attached hydrogen (secondary N) is 2. The molecule has 1 saturated heterocycles. The fourth-order valence-corrected chi connectivity index (χ4v) is 5.46. The average molecular weight is 458 g/mol. The Kier molecular flexibility index (Phi) is 7.13. The molecule has 0 radical (unpaired) electrons. The molecule has 4 rings (SSSR count). The molecule has 0 aromatic heterocycles. The Bertz CT molecular complexity index is 1060. The molecular formula is C24H31N3O4S. The van der Waals surface area contributed by atoms with Crippen LogP contribution in [-0.4, -0.2) is 63.5 Å². The summed E-state index contributed by atoms with van der Waals surface area (Å²) in [5.41, 5.74) is 4.59. The van der Waals surface area contributed by atoms with Gasteiger partial charge in [-0.1, -0.05) is 48.5 Å². The maximum atomic E-state index is 12.9. The minimum atomic E-state index is -3.38. The van der Waals surface area contributed by atoms with Crippen molar-refractivity contribution >= 4 is 16.1 Å². The zero-order valence-corrected chi connectivity index (χ0v) is 19.2. The Balaban J connectivity index is 1.68. The zero-order chi connectivity index (χ0) is 22.6. The van der Waals surface area contributed by atoms with Crippen LogP contribution in [0.1, 0.15) is 24.5 Å². The smallest absolute Gasteiger partial charge is 0.317 e. The molecule has 2 heterocycles. The first kappa shape index (κ1) is 22.8. The van der Waals surface area contributed by atoms with E-state index in [1.807, 2.05) is 24.3 Å². The van der Waals surface area contributed by atoms with Gasteiger partial charge in [-0.05, 0) is 48.4 Å². The van der Waals surface area contributed by atoms with E-state index in [4.69, 9.17) is 4.74 Å². The molecule has 0 aliphatic carbocycles. The molecule has 1 fully saturated rings. The van der Waals surface area contributed by atoms with Gasteiger partial charge in [-0.3, -0.25) is 0 Å². The van der Waals surface area contributed by atoms with Crippen molar-refractivity contribution in [3.63, 3.8) is 0 Å². The van der Waals surface area contributed by atoms with Gasteiger partial charge in [0.05, 0.1) is 25.0 Å². The molecule has 32 heavy (non-hydrogen) atoms. The largest absolute Gasteiger partial charge is 0.379 e. The summed E-state index contributed by atoms with van der Waals surface area (Å²) in [5, 5.41) is 2.93. The van der Waals surface area contributed by atoms with Crippen molar-refractivity contribution in [2.24, 2.45) is 0 Å². The fourth-order valence-electron chi connectivity index (χ4n) is 4.55. The first-order valence-electron chi connectivity index (χ1n) is 11.3. The molecular weight excluding hydrogens is 426 g/mol. The van der Waals surface area contributed by atoms with Gasteiger partial charge < -0.3 is 15.0 Å².